The van der Waals surface area contributed by atoms with Crippen molar-refractivity contribution in [2.45, 2.75) is 20.8 Å². The Kier molecular flexibility index (Phi) is 5.23. The van der Waals surface area contributed by atoms with Crippen LogP contribution >= 0.6 is 0 Å². The summed E-state index contributed by atoms with van der Waals surface area (Å²) in [6.45, 7) is 5.66. The molecule has 84 valence electrons. The summed E-state index contributed by atoms with van der Waals surface area (Å²) in [6.07, 6.45) is 0.977. The fourth-order valence-corrected chi connectivity index (χ4v) is 1.06. The lowest BCUT2D eigenvalue weighted by molar-refractivity contribution is 0.509. The number of benzene rings is 1. The van der Waals surface area contributed by atoms with Crippen molar-refractivity contribution in [3.8, 4) is 0 Å². The SMILES string of the molecule is CC.Cc1cc(F)cc(/C(O)=C\N)c1N. The first kappa shape index (κ1) is 13.3. The Morgan fingerprint density at radius 3 is 2.40 bits per heavy atom. The first-order valence-corrected chi connectivity index (χ1v) is 4.73. The molecule has 5 N–H and O–H groups in total. The molecule has 15 heavy (non-hydrogen) atoms. The Morgan fingerprint density at radius 1 is 1.40 bits per heavy atom. The van der Waals surface area contributed by atoms with Crippen LogP contribution in [-0.2, 0) is 0 Å². The summed E-state index contributed by atoms with van der Waals surface area (Å²) >= 11 is 0. The summed E-state index contributed by atoms with van der Waals surface area (Å²) < 4.78 is 12.9. The summed E-state index contributed by atoms with van der Waals surface area (Å²) in [6, 6.07) is 2.43. The third-order valence-electron chi connectivity index (χ3n) is 1.79. The Labute approximate surface area is 89.2 Å². The van der Waals surface area contributed by atoms with Gasteiger partial charge in [-0.05, 0) is 24.6 Å². The first-order valence-electron chi connectivity index (χ1n) is 4.73. The average molecular weight is 212 g/mol. The molecule has 1 aromatic carbocycles. The van der Waals surface area contributed by atoms with E-state index in [0.29, 0.717) is 11.3 Å². The van der Waals surface area contributed by atoms with Crippen molar-refractivity contribution < 1.29 is 9.50 Å². The normalized spacial score (nSPS) is 10.5. The van der Waals surface area contributed by atoms with E-state index < -0.39 is 5.82 Å². The molecule has 0 aliphatic heterocycles. The minimum atomic E-state index is -0.449. The third kappa shape index (κ3) is 3.16. The van der Waals surface area contributed by atoms with Gasteiger partial charge in [-0.15, -0.1) is 0 Å². The smallest absolute Gasteiger partial charge is 0.140 e. The van der Waals surface area contributed by atoms with Gasteiger partial charge < -0.3 is 16.6 Å². The standard InChI is InChI=1S/C9H11FN2O.C2H6/c1-5-2-6(10)3-7(9(5)12)8(13)4-11;1-2/h2-4,13H,11-12H2,1H3;1-2H3/b8-4+;. The Balaban J connectivity index is 0.000000921. The molecule has 0 fully saturated rings. The van der Waals surface area contributed by atoms with Gasteiger partial charge in [-0.25, -0.2) is 4.39 Å². The molecule has 0 bridgehead atoms. The maximum atomic E-state index is 12.9. The van der Waals surface area contributed by atoms with E-state index in [0.717, 1.165) is 12.3 Å². The molecule has 0 saturated heterocycles. The van der Waals surface area contributed by atoms with Gasteiger partial charge in [0.05, 0.1) is 0 Å². The van der Waals surface area contributed by atoms with Crippen LogP contribution in [0.2, 0.25) is 0 Å². The van der Waals surface area contributed by atoms with Gasteiger partial charge in [-0.3, -0.25) is 0 Å². The highest BCUT2D eigenvalue weighted by molar-refractivity contribution is 5.72. The lowest BCUT2D eigenvalue weighted by Gasteiger charge is -2.07. The predicted octanol–water partition coefficient (Wildman–Crippen LogP) is 2.56. The number of hydrogen-bond donors (Lipinski definition) is 3. The molecule has 0 amide bonds. The van der Waals surface area contributed by atoms with Crippen molar-refractivity contribution in [1.82, 2.24) is 0 Å². The van der Waals surface area contributed by atoms with Crippen molar-refractivity contribution in [3.05, 3.63) is 35.3 Å². The molecule has 1 rings (SSSR count). The van der Waals surface area contributed by atoms with E-state index in [4.69, 9.17) is 11.5 Å². The second-order valence-corrected chi connectivity index (χ2v) is 2.74. The van der Waals surface area contributed by atoms with Crippen LogP contribution in [0.25, 0.3) is 5.76 Å². The molecule has 0 aliphatic rings. The molecule has 4 heteroatoms. The number of aliphatic hydroxyl groups is 1. The summed E-state index contributed by atoms with van der Waals surface area (Å²) in [7, 11) is 0. The van der Waals surface area contributed by atoms with Crippen molar-refractivity contribution in [3.63, 3.8) is 0 Å². The maximum Gasteiger partial charge on any atom is 0.140 e. The van der Waals surface area contributed by atoms with E-state index >= 15 is 0 Å². The highest BCUT2D eigenvalue weighted by atomic mass is 19.1. The minimum Gasteiger partial charge on any atom is -0.506 e. The highest BCUT2D eigenvalue weighted by Gasteiger charge is 2.08. The fraction of sp³-hybridized carbons (Fsp3) is 0.273. The molecule has 0 aliphatic carbocycles. The number of nitrogen functional groups attached to an aromatic ring is 1. The van der Waals surface area contributed by atoms with Crippen LogP contribution in [0, 0.1) is 12.7 Å². The lowest BCUT2D eigenvalue weighted by atomic mass is 10.1. The van der Waals surface area contributed by atoms with Crippen LogP contribution in [0.3, 0.4) is 0 Å². The van der Waals surface area contributed by atoms with E-state index in [-0.39, 0.29) is 11.3 Å². The quantitative estimate of drug-likeness (QED) is 0.495. The zero-order valence-corrected chi connectivity index (χ0v) is 9.21. The van der Waals surface area contributed by atoms with Crippen LogP contribution in [0.15, 0.2) is 18.3 Å². The molecule has 0 spiro atoms. The minimum absolute atomic E-state index is 0.222. The second-order valence-electron chi connectivity index (χ2n) is 2.74. The molecule has 3 nitrogen and oxygen atoms in total. The van der Waals surface area contributed by atoms with E-state index in [1.54, 1.807) is 6.92 Å². The number of aliphatic hydroxyl groups excluding tert-OH is 1. The number of anilines is 1. The molecular weight excluding hydrogens is 195 g/mol. The van der Waals surface area contributed by atoms with Gasteiger partial charge in [0.15, 0.2) is 0 Å². The third-order valence-corrected chi connectivity index (χ3v) is 1.79. The number of rotatable bonds is 1. The Hall–Kier alpha value is -1.71. The van der Waals surface area contributed by atoms with Crippen molar-refractivity contribution in [2.75, 3.05) is 5.73 Å². The van der Waals surface area contributed by atoms with Gasteiger partial charge in [0.2, 0.25) is 0 Å². The Bertz CT molecular complexity index is 362. The fourth-order valence-electron chi connectivity index (χ4n) is 1.06. The lowest BCUT2D eigenvalue weighted by Crippen LogP contribution is -1.99. The van der Waals surface area contributed by atoms with Gasteiger partial charge in [0.1, 0.15) is 11.6 Å². The summed E-state index contributed by atoms with van der Waals surface area (Å²) in [5, 5.41) is 9.25. The molecule has 0 radical (unpaired) electrons. The first-order chi connectivity index (χ1) is 7.06. The summed E-state index contributed by atoms with van der Waals surface area (Å²) in [4.78, 5) is 0. The molecule has 0 heterocycles. The van der Waals surface area contributed by atoms with E-state index in [1.165, 1.54) is 6.07 Å². The predicted molar refractivity (Wildman–Crippen MR) is 61.7 cm³/mol. The summed E-state index contributed by atoms with van der Waals surface area (Å²) in [5.74, 6) is -0.671. The van der Waals surface area contributed by atoms with E-state index in [9.17, 15) is 9.50 Å². The zero-order chi connectivity index (χ0) is 12.0. The highest BCUT2D eigenvalue weighted by Crippen LogP contribution is 2.23. The van der Waals surface area contributed by atoms with Gasteiger partial charge in [0, 0.05) is 17.5 Å². The van der Waals surface area contributed by atoms with Crippen LogP contribution in [0.4, 0.5) is 10.1 Å². The zero-order valence-electron chi connectivity index (χ0n) is 9.21. The van der Waals surface area contributed by atoms with Crippen molar-refractivity contribution in [2.24, 2.45) is 5.73 Å². The molecule has 0 aromatic heterocycles. The van der Waals surface area contributed by atoms with Crippen LogP contribution in [0.1, 0.15) is 25.0 Å². The monoisotopic (exact) mass is 212 g/mol. The topological polar surface area (TPSA) is 72.3 Å². The number of hydrogen-bond acceptors (Lipinski definition) is 3. The number of nitrogens with two attached hydrogens (primary N) is 2. The molecule has 0 atom stereocenters. The van der Waals surface area contributed by atoms with E-state index in [2.05, 4.69) is 0 Å². The van der Waals surface area contributed by atoms with E-state index in [1.807, 2.05) is 13.8 Å². The molecular formula is C11H17FN2O. The van der Waals surface area contributed by atoms with Crippen LogP contribution < -0.4 is 11.5 Å². The molecule has 1 aromatic rings. The Morgan fingerprint density at radius 2 is 1.93 bits per heavy atom. The van der Waals surface area contributed by atoms with Gasteiger partial charge in [0.25, 0.3) is 0 Å². The van der Waals surface area contributed by atoms with Crippen LogP contribution in [0.5, 0.6) is 0 Å². The van der Waals surface area contributed by atoms with Gasteiger partial charge in [-0.2, -0.15) is 0 Å². The molecule has 0 unspecified atom stereocenters. The van der Waals surface area contributed by atoms with Gasteiger partial charge >= 0.3 is 0 Å². The second kappa shape index (κ2) is 5.90. The maximum absolute atomic E-state index is 12.9. The van der Waals surface area contributed by atoms with Crippen molar-refractivity contribution >= 4 is 11.4 Å². The molecule has 0 saturated carbocycles. The van der Waals surface area contributed by atoms with Crippen molar-refractivity contribution in [1.29, 1.82) is 0 Å². The van der Waals surface area contributed by atoms with Crippen LogP contribution in [-0.4, -0.2) is 5.11 Å². The number of aryl methyl sites for hydroxylation is 1. The van der Waals surface area contributed by atoms with Gasteiger partial charge in [-0.1, -0.05) is 13.8 Å². The number of halogens is 1. The summed E-state index contributed by atoms with van der Waals surface area (Å²) in [5.41, 5.74) is 11.8. The average Bonchev–Trinajstić information content (AvgIpc) is 2.25. The largest absolute Gasteiger partial charge is 0.506 e.